The van der Waals surface area contributed by atoms with Crippen LogP contribution in [0.25, 0.3) is 0 Å². The van der Waals surface area contributed by atoms with Crippen molar-refractivity contribution in [3.63, 3.8) is 0 Å². The molecule has 0 amide bonds. The van der Waals surface area contributed by atoms with E-state index in [4.69, 9.17) is 5.73 Å². The maximum absolute atomic E-state index is 5.95. The molecule has 0 radical (unpaired) electrons. The minimum Gasteiger partial charge on any atom is -0.330 e. The summed E-state index contributed by atoms with van der Waals surface area (Å²) in [6.45, 7) is 10.5. The first-order chi connectivity index (χ1) is 8.58. The van der Waals surface area contributed by atoms with E-state index in [2.05, 4.69) is 30.7 Å². The number of nitrogens with zero attached hydrogens (tertiary/aromatic N) is 2. The first-order valence-electron chi connectivity index (χ1n) is 7.70. The zero-order chi connectivity index (χ0) is 13.2. The summed E-state index contributed by atoms with van der Waals surface area (Å²) in [6, 6.07) is 0.848. The normalized spacial score (nSPS) is 34.0. The molecule has 2 aliphatic rings. The Labute approximate surface area is 113 Å². The maximum atomic E-state index is 5.95. The number of likely N-dealkylation sites (tertiary alicyclic amines) is 2. The molecule has 3 atom stereocenters. The lowest BCUT2D eigenvalue weighted by atomic mass is 9.81. The van der Waals surface area contributed by atoms with E-state index in [1.165, 1.54) is 51.9 Å². The van der Waals surface area contributed by atoms with Gasteiger partial charge in [0.15, 0.2) is 0 Å². The molecule has 0 aromatic rings. The van der Waals surface area contributed by atoms with E-state index >= 15 is 0 Å². The van der Waals surface area contributed by atoms with Gasteiger partial charge in [-0.1, -0.05) is 13.8 Å². The number of rotatable bonds is 4. The Balaban J connectivity index is 1.90. The van der Waals surface area contributed by atoms with E-state index in [0.717, 1.165) is 18.5 Å². The Hall–Kier alpha value is -0.120. The largest absolute Gasteiger partial charge is 0.330 e. The third kappa shape index (κ3) is 3.06. The van der Waals surface area contributed by atoms with Crippen LogP contribution in [0.3, 0.4) is 0 Å². The Kier molecular flexibility index (Phi) is 4.68. The summed E-state index contributed by atoms with van der Waals surface area (Å²) in [7, 11) is 2.31. The van der Waals surface area contributed by atoms with E-state index in [9.17, 15) is 0 Å². The number of hydrogen-bond acceptors (Lipinski definition) is 3. The van der Waals surface area contributed by atoms with Crippen LogP contribution in [-0.4, -0.2) is 55.6 Å². The monoisotopic (exact) mass is 253 g/mol. The van der Waals surface area contributed by atoms with E-state index in [-0.39, 0.29) is 0 Å². The third-order valence-electron chi connectivity index (χ3n) is 5.38. The topological polar surface area (TPSA) is 32.5 Å². The third-order valence-corrected chi connectivity index (χ3v) is 5.38. The summed E-state index contributed by atoms with van der Waals surface area (Å²) in [5, 5.41) is 0. The molecule has 0 aromatic heterocycles. The average molecular weight is 253 g/mol. The fourth-order valence-electron chi connectivity index (χ4n) is 3.73. The zero-order valence-corrected chi connectivity index (χ0v) is 12.5. The molecular formula is C15H31N3. The summed E-state index contributed by atoms with van der Waals surface area (Å²) >= 11 is 0. The molecule has 3 heteroatoms. The molecular weight excluding hydrogens is 222 g/mol. The van der Waals surface area contributed by atoms with Gasteiger partial charge in [0.2, 0.25) is 0 Å². The van der Waals surface area contributed by atoms with Crippen molar-refractivity contribution in [2.24, 2.45) is 17.1 Å². The van der Waals surface area contributed by atoms with Crippen molar-refractivity contribution in [3.8, 4) is 0 Å². The highest BCUT2D eigenvalue weighted by molar-refractivity contribution is 4.91. The molecule has 0 aromatic carbocycles. The van der Waals surface area contributed by atoms with Gasteiger partial charge < -0.3 is 15.5 Å². The van der Waals surface area contributed by atoms with Crippen molar-refractivity contribution < 1.29 is 0 Å². The number of fused-ring (bicyclic) bond motifs is 1. The lowest BCUT2D eigenvalue weighted by molar-refractivity contribution is 0.0221. The molecule has 0 spiro atoms. The second-order valence-corrected chi connectivity index (χ2v) is 6.84. The van der Waals surface area contributed by atoms with Crippen LogP contribution in [0.1, 0.15) is 39.5 Å². The van der Waals surface area contributed by atoms with Gasteiger partial charge >= 0.3 is 0 Å². The highest BCUT2D eigenvalue weighted by Crippen LogP contribution is 2.31. The molecule has 0 bridgehead atoms. The Morgan fingerprint density at radius 1 is 1.28 bits per heavy atom. The first-order valence-corrected chi connectivity index (χ1v) is 7.70. The quantitative estimate of drug-likeness (QED) is 0.829. The Morgan fingerprint density at radius 2 is 2.06 bits per heavy atom. The minimum absolute atomic E-state index is 0.313. The van der Waals surface area contributed by atoms with Gasteiger partial charge in [-0.05, 0) is 63.7 Å². The number of hydrogen-bond donors (Lipinski definition) is 1. The molecule has 3 nitrogen and oxygen atoms in total. The zero-order valence-electron chi connectivity index (χ0n) is 12.5. The summed E-state index contributed by atoms with van der Waals surface area (Å²) in [4.78, 5) is 5.27. The lowest BCUT2D eigenvalue weighted by Gasteiger charge is -2.47. The highest BCUT2D eigenvalue weighted by Gasteiger charge is 2.35. The van der Waals surface area contributed by atoms with Crippen molar-refractivity contribution in [2.45, 2.75) is 45.6 Å². The summed E-state index contributed by atoms with van der Waals surface area (Å²) in [5.41, 5.74) is 6.27. The molecule has 106 valence electrons. The first kappa shape index (κ1) is 14.3. The SMILES string of the molecule is CCC(C)(CN)CN1CCC2C(CCCN2C)C1. The molecule has 2 fully saturated rings. The molecule has 18 heavy (non-hydrogen) atoms. The van der Waals surface area contributed by atoms with Crippen LogP contribution >= 0.6 is 0 Å². The maximum Gasteiger partial charge on any atom is 0.0145 e. The molecule has 0 aliphatic carbocycles. The minimum atomic E-state index is 0.313. The molecule has 2 N–H and O–H groups in total. The van der Waals surface area contributed by atoms with Gasteiger partial charge in [-0.3, -0.25) is 0 Å². The van der Waals surface area contributed by atoms with Crippen LogP contribution in [0.5, 0.6) is 0 Å². The summed E-state index contributed by atoms with van der Waals surface area (Å²) < 4.78 is 0. The molecule has 0 saturated carbocycles. The van der Waals surface area contributed by atoms with Gasteiger partial charge in [0.25, 0.3) is 0 Å². The number of nitrogens with two attached hydrogens (primary N) is 1. The van der Waals surface area contributed by atoms with Crippen LogP contribution in [-0.2, 0) is 0 Å². The predicted octanol–water partition coefficient (Wildman–Crippen LogP) is 1.78. The highest BCUT2D eigenvalue weighted by atomic mass is 15.2. The summed E-state index contributed by atoms with van der Waals surface area (Å²) in [5.74, 6) is 0.899. The Morgan fingerprint density at radius 3 is 2.72 bits per heavy atom. The van der Waals surface area contributed by atoms with Gasteiger partial charge in [-0.15, -0.1) is 0 Å². The molecule has 2 rings (SSSR count). The van der Waals surface area contributed by atoms with Crippen molar-refractivity contribution in [1.29, 1.82) is 0 Å². The van der Waals surface area contributed by atoms with Gasteiger partial charge in [0, 0.05) is 19.1 Å². The molecule has 2 heterocycles. The fraction of sp³-hybridized carbons (Fsp3) is 1.00. The van der Waals surface area contributed by atoms with Gasteiger partial charge in [-0.2, -0.15) is 0 Å². The second kappa shape index (κ2) is 5.89. The van der Waals surface area contributed by atoms with Crippen LogP contribution in [0.15, 0.2) is 0 Å². The number of piperidine rings is 2. The molecule has 2 saturated heterocycles. The van der Waals surface area contributed by atoms with Crippen molar-refractivity contribution in [2.75, 3.05) is 39.8 Å². The average Bonchev–Trinajstić information content (AvgIpc) is 2.39. The van der Waals surface area contributed by atoms with Crippen LogP contribution in [0.2, 0.25) is 0 Å². The van der Waals surface area contributed by atoms with Gasteiger partial charge in [0.05, 0.1) is 0 Å². The molecule has 3 unspecified atom stereocenters. The fourth-order valence-corrected chi connectivity index (χ4v) is 3.73. The molecule has 2 aliphatic heterocycles. The lowest BCUT2D eigenvalue weighted by Crippen LogP contribution is -2.54. The van der Waals surface area contributed by atoms with E-state index < -0.39 is 0 Å². The van der Waals surface area contributed by atoms with Gasteiger partial charge in [-0.25, -0.2) is 0 Å². The summed E-state index contributed by atoms with van der Waals surface area (Å²) in [6.07, 6.45) is 5.35. The van der Waals surface area contributed by atoms with Crippen LogP contribution in [0.4, 0.5) is 0 Å². The van der Waals surface area contributed by atoms with E-state index in [1.54, 1.807) is 0 Å². The smallest absolute Gasteiger partial charge is 0.0145 e. The van der Waals surface area contributed by atoms with E-state index in [1.807, 2.05) is 0 Å². The van der Waals surface area contributed by atoms with Gasteiger partial charge in [0.1, 0.15) is 0 Å². The van der Waals surface area contributed by atoms with Crippen molar-refractivity contribution in [3.05, 3.63) is 0 Å². The van der Waals surface area contributed by atoms with Crippen LogP contribution in [0, 0.1) is 11.3 Å². The second-order valence-electron chi connectivity index (χ2n) is 6.84. The van der Waals surface area contributed by atoms with Crippen molar-refractivity contribution >= 4 is 0 Å². The van der Waals surface area contributed by atoms with Crippen LogP contribution < -0.4 is 5.73 Å². The Bertz CT molecular complexity index is 262. The van der Waals surface area contributed by atoms with Crippen molar-refractivity contribution in [1.82, 2.24) is 9.80 Å². The van der Waals surface area contributed by atoms with E-state index in [0.29, 0.717) is 5.41 Å². The predicted molar refractivity (Wildman–Crippen MR) is 77.7 cm³/mol. The standard InChI is InChI=1S/C15H31N3/c1-4-15(2,11-16)12-18-9-7-14-13(10-18)6-5-8-17(14)3/h13-14H,4-12,16H2,1-3H3.